The summed E-state index contributed by atoms with van der Waals surface area (Å²) in [6.07, 6.45) is 0. The molecule has 11 heavy (non-hydrogen) atoms. The van der Waals surface area contributed by atoms with Gasteiger partial charge in [0.15, 0.2) is 0 Å². The monoisotopic (exact) mass is 236 g/mol. The van der Waals surface area contributed by atoms with Crippen molar-refractivity contribution in [3.05, 3.63) is 20.8 Å². The number of carboxylic acid groups (broad SMARTS) is 1. The normalized spacial score (nSPS) is 8.27. The summed E-state index contributed by atoms with van der Waals surface area (Å²) in [5.74, 6) is -0.878. The standard InChI is InChI=1S/C5H3BrO2S.C2H6/c6-4-1-3(2-9-4)5(7)8;1-2/h1-2H,(H,7,8);1-2H3. The van der Waals surface area contributed by atoms with Gasteiger partial charge in [-0.1, -0.05) is 13.8 Å². The fourth-order valence-electron chi connectivity index (χ4n) is 0.422. The number of carboxylic acids is 1. The van der Waals surface area contributed by atoms with E-state index in [1.807, 2.05) is 13.8 Å². The van der Waals surface area contributed by atoms with Crippen LogP contribution in [0.2, 0.25) is 0 Å². The van der Waals surface area contributed by atoms with E-state index in [0.29, 0.717) is 5.56 Å². The molecule has 0 aromatic carbocycles. The molecule has 0 aliphatic carbocycles. The molecule has 0 unspecified atom stereocenters. The van der Waals surface area contributed by atoms with Gasteiger partial charge in [0.1, 0.15) is 0 Å². The van der Waals surface area contributed by atoms with Crippen LogP contribution in [0.1, 0.15) is 24.2 Å². The summed E-state index contributed by atoms with van der Waals surface area (Å²) >= 11 is 4.52. The fraction of sp³-hybridized carbons (Fsp3) is 0.286. The van der Waals surface area contributed by atoms with Gasteiger partial charge in [0.05, 0.1) is 9.35 Å². The quantitative estimate of drug-likeness (QED) is 0.814. The van der Waals surface area contributed by atoms with Crippen LogP contribution in [0.4, 0.5) is 0 Å². The van der Waals surface area contributed by atoms with E-state index in [2.05, 4.69) is 15.9 Å². The minimum absolute atomic E-state index is 0.340. The largest absolute Gasteiger partial charge is 0.478 e. The van der Waals surface area contributed by atoms with Gasteiger partial charge < -0.3 is 5.11 Å². The molecule has 1 heterocycles. The predicted molar refractivity (Wildman–Crippen MR) is 50.3 cm³/mol. The smallest absolute Gasteiger partial charge is 0.336 e. The number of aromatic carboxylic acids is 1. The van der Waals surface area contributed by atoms with E-state index in [4.69, 9.17) is 5.11 Å². The van der Waals surface area contributed by atoms with Gasteiger partial charge in [0, 0.05) is 5.38 Å². The first-order valence-corrected chi connectivity index (χ1v) is 4.85. The molecule has 0 bridgehead atoms. The van der Waals surface area contributed by atoms with Crippen LogP contribution in [0.5, 0.6) is 0 Å². The second-order valence-corrected chi connectivity index (χ2v) is 3.74. The van der Waals surface area contributed by atoms with Crippen LogP contribution in [-0.2, 0) is 0 Å². The second kappa shape index (κ2) is 5.32. The van der Waals surface area contributed by atoms with Crippen molar-refractivity contribution in [3.8, 4) is 0 Å². The Morgan fingerprint density at radius 2 is 2.18 bits per heavy atom. The van der Waals surface area contributed by atoms with Crippen molar-refractivity contribution >= 4 is 33.2 Å². The Balaban J connectivity index is 0.000000461. The summed E-state index contributed by atoms with van der Waals surface area (Å²) < 4.78 is 0.847. The van der Waals surface area contributed by atoms with Gasteiger partial charge in [-0.15, -0.1) is 11.3 Å². The van der Waals surface area contributed by atoms with Gasteiger partial charge >= 0.3 is 5.97 Å². The first-order valence-electron chi connectivity index (χ1n) is 3.17. The summed E-state index contributed by atoms with van der Waals surface area (Å²) in [4.78, 5) is 10.2. The van der Waals surface area contributed by atoms with Crippen LogP contribution in [0.3, 0.4) is 0 Å². The summed E-state index contributed by atoms with van der Waals surface area (Å²) in [6, 6.07) is 1.58. The van der Waals surface area contributed by atoms with Crippen molar-refractivity contribution in [1.29, 1.82) is 0 Å². The zero-order valence-electron chi connectivity index (χ0n) is 6.30. The van der Waals surface area contributed by atoms with E-state index >= 15 is 0 Å². The zero-order valence-corrected chi connectivity index (χ0v) is 8.70. The van der Waals surface area contributed by atoms with Crippen molar-refractivity contribution in [1.82, 2.24) is 0 Å². The van der Waals surface area contributed by atoms with Gasteiger partial charge in [-0.3, -0.25) is 0 Å². The van der Waals surface area contributed by atoms with Crippen molar-refractivity contribution in [2.75, 3.05) is 0 Å². The lowest BCUT2D eigenvalue weighted by molar-refractivity contribution is 0.0697. The van der Waals surface area contributed by atoms with Gasteiger partial charge in [-0.25, -0.2) is 4.79 Å². The third-order valence-corrected chi connectivity index (χ3v) is 2.32. The maximum atomic E-state index is 10.2. The Hall–Kier alpha value is -0.350. The van der Waals surface area contributed by atoms with Crippen molar-refractivity contribution in [2.24, 2.45) is 0 Å². The molecular weight excluding hydrogens is 228 g/mol. The van der Waals surface area contributed by atoms with Crippen LogP contribution in [0, 0.1) is 0 Å². The van der Waals surface area contributed by atoms with Gasteiger partial charge in [-0.05, 0) is 22.0 Å². The number of hydrogen-bond acceptors (Lipinski definition) is 2. The summed E-state index contributed by atoms with van der Waals surface area (Å²) in [5, 5.41) is 9.97. The molecule has 1 rings (SSSR count). The maximum Gasteiger partial charge on any atom is 0.336 e. The predicted octanol–water partition coefficient (Wildman–Crippen LogP) is 3.24. The summed E-state index contributed by atoms with van der Waals surface area (Å²) in [6.45, 7) is 4.00. The van der Waals surface area contributed by atoms with Crippen molar-refractivity contribution in [3.63, 3.8) is 0 Å². The Labute approximate surface area is 78.0 Å². The number of hydrogen-bond donors (Lipinski definition) is 1. The zero-order chi connectivity index (χ0) is 8.85. The Bertz CT molecular complexity index is 232. The third-order valence-electron chi connectivity index (χ3n) is 0.814. The van der Waals surface area contributed by atoms with E-state index in [0.717, 1.165) is 3.79 Å². The average molecular weight is 237 g/mol. The maximum absolute atomic E-state index is 10.2. The number of rotatable bonds is 1. The minimum Gasteiger partial charge on any atom is -0.478 e. The van der Waals surface area contributed by atoms with E-state index in [9.17, 15) is 4.79 Å². The molecule has 4 heteroatoms. The highest BCUT2D eigenvalue weighted by molar-refractivity contribution is 9.11. The molecule has 62 valence electrons. The fourth-order valence-corrected chi connectivity index (χ4v) is 1.55. The Morgan fingerprint density at radius 1 is 1.64 bits per heavy atom. The molecule has 0 radical (unpaired) electrons. The van der Waals surface area contributed by atoms with E-state index in [-0.39, 0.29) is 0 Å². The molecule has 0 amide bonds. The molecule has 0 aliphatic heterocycles. The van der Waals surface area contributed by atoms with Crippen LogP contribution in [-0.4, -0.2) is 11.1 Å². The summed E-state index contributed by atoms with van der Waals surface area (Å²) in [7, 11) is 0. The number of halogens is 1. The highest BCUT2D eigenvalue weighted by Gasteiger charge is 2.02. The molecule has 0 atom stereocenters. The Morgan fingerprint density at radius 3 is 2.36 bits per heavy atom. The van der Waals surface area contributed by atoms with E-state index in [1.54, 1.807) is 11.4 Å². The van der Waals surface area contributed by atoms with Crippen LogP contribution in [0.25, 0.3) is 0 Å². The van der Waals surface area contributed by atoms with Crippen molar-refractivity contribution in [2.45, 2.75) is 13.8 Å². The molecule has 2 nitrogen and oxygen atoms in total. The van der Waals surface area contributed by atoms with Gasteiger partial charge in [-0.2, -0.15) is 0 Å². The first kappa shape index (κ1) is 10.7. The lowest BCUT2D eigenvalue weighted by Crippen LogP contribution is -1.91. The molecule has 0 saturated heterocycles. The molecule has 1 N–H and O–H groups in total. The topological polar surface area (TPSA) is 37.3 Å². The molecule has 1 aromatic heterocycles. The highest BCUT2D eigenvalue weighted by atomic mass is 79.9. The lowest BCUT2D eigenvalue weighted by Gasteiger charge is -1.79. The SMILES string of the molecule is CC.O=C(O)c1csc(Br)c1. The third kappa shape index (κ3) is 3.53. The lowest BCUT2D eigenvalue weighted by atomic mass is 10.4. The molecule has 0 saturated carbocycles. The minimum atomic E-state index is -0.878. The van der Waals surface area contributed by atoms with Crippen molar-refractivity contribution < 1.29 is 9.90 Å². The van der Waals surface area contributed by atoms with E-state index in [1.165, 1.54) is 11.3 Å². The molecule has 0 spiro atoms. The molecule has 0 fully saturated rings. The van der Waals surface area contributed by atoms with Gasteiger partial charge in [0.25, 0.3) is 0 Å². The van der Waals surface area contributed by atoms with Gasteiger partial charge in [0.2, 0.25) is 0 Å². The highest BCUT2D eigenvalue weighted by Crippen LogP contribution is 2.20. The number of thiophene rings is 1. The Kier molecular flexibility index (Phi) is 5.15. The number of carbonyl (C=O) groups is 1. The molecule has 0 aliphatic rings. The first-order chi connectivity index (χ1) is 5.20. The second-order valence-electron chi connectivity index (χ2n) is 1.44. The van der Waals surface area contributed by atoms with E-state index < -0.39 is 5.97 Å². The molecular formula is C7H9BrO2S. The van der Waals surface area contributed by atoms with Crippen LogP contribution in [0.15, 0.2) is 15.2 Å². The average Bonchev–Trinajstić information content (AvgIpc) is 2.40. The summed E-state index contributed by atoms with van der Waals surface area (Å²) in [5.41, 5.74) is 0.340. The molecule has 1 aromatic rings. The van der Waals surface area contributed by atoms with Crippen LogP contribution >= 0.6 is 27.3 Å². The van der Waals surface area contributed by atoms with Crippen LogP contribution < -0.4 is 0 Å².